The molecule has 0 spiro atoms. The number of ether oxygens (including phenoxy) is 4. The first kappa shape index (κ1) is 19.3. The number of carboxylic acid groups (broad SMARTS) is 1. The molecule has 0 bridgehead atoms. The van der Waals surface area contributed by atoms with Gasteiger partial charge in [-0.3, -0.25) is 4.79 Å². The summed E-state index contributed by atoms with van der Waals surface area (Å²) < 4.78 is 21.0. The van der Waals surface area contributed by atoms with E-state index in [2.05, 4.69) is 0 Å². The predicted octanol–water partition coefficient (Wildman–Crippen LogP) is 1.57. The Bertz CT molecular complexity index is 246. The van der Waals surface area contributed by atoms with Gasteiger partial charge in [0, 0.05) is 14.2 Å². The predicted molar refractivity (Wildman–Crippen MR) is 74.9 cm³/mol. The van der Waals surface area contributed by atoms with Gasteiger partial charge < -0.3 is 24.1 Å². The van der Waals surface area contributed by atoms with E-state index in [1.165, 1.54) is 0 Å². The van der Waals surface area contributed by atoms with Crippen LogP contribution in [-0.4, -0.2) is 63.9 Å². The van der Waals surface area contributed by atoms with Gasteiger partial charge in [0.1, 0.15) is 0 Å². The summed E-state index contributed by atoms with van der Waals surface area (Å²) in [7, 11) is 3.22. The van der Waals surface area contributed by atoms with Crippen LogP contribution in [0.2, 0.25) is 0 Å². The van der Waals surface area contributed by atoms with Gasteiger partial charge in [0.15, 0.2) is 0 Å². The van der Waals surface area contributed by atoms with Gasteiger partial charge in [-0.1, -0.05) is 6.92 Å². The van der Waals surface area contributed by atoms with Crippen LogP contribution in [0.15, 0.2) is 0 Å². The fourth-order valence-electron chi connectivity index (χ4n) is 1.96. The molecular formula is C14H28O6. The standard InChI is InChI=1S/C14H28O6/c1-11(9-12(2)19-7-5-17-3)13(10-14(15)16)20-8-6-18-4/h11-13H,5-10H2,1-4H3,(H,15,16). The van der Waals surface area contributed by atoms with Crippen molar-refractivity contribution in [1.29, 1.82) is 0 Å². The van der Waals surface area contributed by atoms with Gasteiger partial charge in [0.25, 0.3) is 0 Å². The van der Waals surface area contributed by atoms with Gasteiger partial charge >= 0.3 is 5.97 Å². The highest BCUT2D eigenvalue weighted by Gasteiger charge is 2.23. The van der Waals surface area contributed by atoms with E-state index < -0.39 is 5.97 Å². The summed E-state index contributed by atoms with van der Waals surface area (Å²) >= 11 is 0. The molecule has 0 saturated carbocycles. The second-order valence-electron chi connectivity index (χ2n) is 4.89. The molecule has 20 heavy (non-hydrogen) atoms. The highest BCUT2D eigenvalue weighted by Crippen LogP contribution is 2.19. The van der Waals surface area contributed by atoms with Gasteiger partial charge in [-0.2, -0.15) is 0 Å². The number of rotatable bonds is 13. The zero-order valence-corrected chi connectivity index (χ0v) is 13.0. The van der Waals surface area contributed by atoms with E-state index in [0.29, 0.717) is 26.4 Å². The summed E-state index contributed by atoms with van der Waals surface area (Å²) in [4.78, 5) is 10.9. The normalized spacial score (nSPS) is 15.8. The van der Waals surface area contributed by atoms with Gasteiger partial charge in [0.05, 0.1) is 45.1 Å². The Kier molecular flexibility index (Phi) is 11.7. The van der Waals surface area contributed by atoms with Gasteiger partial charge in [0.2, 0.25) is 0 Å². The lowest BCUT2D eigenvalue weighted by Gasteiger charge is -2.25. The Balaban J connectivity index is 4.15. The summed E-state index contributed by atoms with van der Waals surface area (Å²) in [5.41, 5.74) is 0. The van der Waals surface area contributed by atoms with E-state index >= 15 is 0 Å². The van der Waals surface area contributed by atoms with Crippen LogP contribution in [-0.2, 0) is 23.7 Å². The third kappa shape index (κ3) is 10.1. The molecule has 6 nitrogen and oxygen atoms in total. The first-order valence-electron chi connectivity index (χ1n) is 6.94. The molecule has 0 aliphatic carbocycles. The van der Waals surface area contributed by atoms with Crippen molar-refractivity contribution in [2.45, 2.75) is 38.9 Å². The minimum atomic E-state index is -0.854. The summed E-state index contributed by atoms with van der Waals surface area (Å²) in [6.45, 7) is 5.91. The SMILES string of the molecule is COCCOC(C)CC(C)C(CC(=O)O)OCCOC. The third-order valence-electron chi connectivity index (χ3n) is 3.02. The minimum Gasteiger partial charge on any atom is -0.481 e. The van der Waals surface area contributed by atoms with E-state index in [-0.39, 0.29) is 24.5 Å². The van der Waals surface area contributed by atoms with Crippen LogP contribution in [0.1, 0.15) is 26.7 Å². The van der Waals surface area contributed by atoms with Crippen LogP contribution in [0.4, 0.5) is 0 Å². The third-order valence-corrected chi connectivity index (χ3v) is 3.02. The Morgan fingerprint density at radius 3 is 2.05 bits per heavy atom. The second kappa shape index (κ2) is 12.1. The fraction of sp³-hybridized carbons (Fsp3) is 0.929. The van der Waals surface area contributed by atoms with Gasteiger partial charge in [-0.25, -0.2) is 0 Å². The Morgan fingerprint density at radius 2 is 1.55 bits per heavy atom. The van der Waals surface area contributed by atoms with Crippen molar-refractivity contribution in [3.05, 3.63) is 0 Å². The zero-order valence-electron chi connectivity index (χ0n) is 13.0. The molecular weight excluding hydrogens is 264 g/mol. The Labute approximate surface area is 121 Å². The van der Waals surface area contributed by atoms with Crippen LogP contribution >= 0.6 is 0 Å². The van der Waals surface area contributed by atoms with Gasteiger partial charge in [-0.15, -0.1) is 0 Å². The quantitative estimate of drug-likeness (QED) is 0.519. The molecule has 0 fully saturated rings. The molecule has 3 unspecified atom stereocenters. The molecule has 0 heterocycles. The zero-order chi connectivity index (χ0) is 15.4. The van der Waals surface area contributed by atoms with Crippen molar-refractivity contribution >= 4 is 5.97 Å². The van der Waals surface area contributed by atoms with Crippen molar-refractivity contribution < 1.29 is 28.8 Å². The van der Waals surface area contributed by atoms with E-state index in [9.17, 15) is 4.79 Å². The van der Waals surface area contributed by atoms with Crippen LogP contribution in [0.5, 0.6) is 0 Å². The Hall–Kier alpha value is -0.690. The first-order chi connectivity index (χ1) is 9.51. The maximum absolute atomic E-state index is 10.9. The summed E-state index contributed by atoms with van der Waals surface area (Å²) in [5, 5.41) is 8.94. The lowest BCUT2D eigenvalue weighted by atomic mass is 9.95. The minimum absolute atomic E-state index is 0.00429. The molecule has 0 saturated heterocycles. The molecule has 0 aromatic carbocycles. The van der Waals surface area contributed by atoms with E-state index in [0.717, 1.165) is 6.42 Å². The molecule has 0 aliphatic rings. The maximum Gasteiger partial charge on any atom is 0.305 e. The number of carboxylic acids is 1. The fourth-order valence-corrected chi connectivity index (χ4v) is 1.96. The number of methoxy groups -OCH3 is 2. The van der Waals surface area contributed by atoms with Crippen molar-refractivity contribution in [2.24, 2.45) is 5.92 Å². The maximum atomic E-state index is 10.9. The monoisotopic (exact) mass is 292 g/mol. The largest absolute Gasteiger partial charge is 0.481 e. The van der Waals surface area contributed by atoms with Crippen molar-refractivity contribution in [3.63, 3.8) is 0 Å². The van der Waals surface area contributed by atoms with Crippen LogP contribution in [0.25, 0.3) is 0 Å². The molecule has 0 aromatic heterocycles. The van der Waals surface area contributed by atoms with E-state index in [1.807, 2.05) is 13.8 Å². The molecule has 120 valence electrons. The molecule has 3 atom stereocenters. The van der Waals surface area contributed by atoms with Gasteiger partial charge in [-0.05, 0) is 19.3 Å². The number of hydrogen-bond acceptors (Lipinski definition) is 5. The van der Waals surface area contributed by atoms with Crippen molar-refractivity contribution in [1.82, 2.24) is 0 Å². The molecule has 0 amide bonds. The molecule has 0 radical (unpaired) electrons. The lowest BCUT2D eigenvalue weighted by Crippen LogP contribution is -2.29. The van der Waals surface area contributed by atoms with Crippen LogP contribution < -0.4 is 0 Å². The number of carbonyl (C=O) groups is 1. The van der Waals surface area contributed by atoms with Crippen molar-refractivity contribution in [2.75, 3.05) is 40.6 Å². The molecule has 0 rings (SSSR count). The summed E-state index contributed by atoms with van der Waals surface area (Å²) in [6.07, 6.45) is 0.461. The molecule has 6 heteroatoms. The molecule has 0 aromatic rings. The smallest absolute Gasteiger partial charge is 0.305 e. The number of aliphatic carboxylic acids is 1. The van der Waals surface area contributed by atoms with Crippen LogP contribution in [0.3, 0.4) is 0 Å². The number of hydrogen-bond donors (Lipinski definition) is 1. The van der Waals surface area contributed by atoms with E-state index in [1.54, 1.807) is 14.2 Å². The average molecular weight is 292 g/mol. The summed E-state index contributed by atoms with van der Waals surface area (Å²) in [6, 6.07) is 0. The lowest BCUT2D eigenvalue weighted by molar-refractivity contribution is -0.142. The van der Waals surface area contributed by atoms with E-state index in [4.69, 9.17) is 24.1 Å². The topological polar surface area (TPSA) is 74.2 Å². The molecule has 1 N–H and O–H groups in total. The van der Waals surface area contributed by atoms with Crippen molar-refractivity contribution in [3.8, 4) is 0 Å². The Morgan fingerprint density at radius 1 is 1.00 bits per heavy atom. The molecule has 0 aliphatic heterocycles. The second-order valence-corrected chi connectivity index (χ2v) is 4.89. The van der Waals surface area contributed by atoms with Crippen LogP contribution in [0, 0.1) is 5.92 Å². The summed E-state index contributed by atoms with van der Waals surface area (Å²) in [5.74, 6) is -0.757. The average Bonchev–Trinajstić information content (AvgIpc) is 2.37. The first-order valence-corrected chi connectivity index (χ1v) is 6.94. The highest BCUT2D eigenvalue weighted by atomic mass is 16.5. The highest BCUT2D eigenvalue weighted by molar-refractivity contribution is 5.67.